The maximum absolute atomic E-state index is 12.4. The average molecular weight is 378 g/mol. The number of thioether (sulfide) groups is 1. The molecule has 0 saturated carbocycles. The first-order valence-electron chi connectivity index (χ1n) is 8.28. The number of hydrogen-bond donors (Lipinski definition) is 1. The van der Waals surface area contributed by atoms with Crippen LogP contribution in [0.25, 0.3) is 6.08 Å². The van der Waals surface area contributed by atoms with Crippen LogP contribution < -0.4 is 0 Å². The van der Waals surface area contributed by atoms with Crippen molar-refractivity contribution < 1.29 is 28.7 Å². The number of furan rings is 1. The molecule has 0 spiro atoms. The lowest BCUT2D eigenvalue weighted by atomic mass is 10.0. The van der Waals surface area contributed by atoms with Gasteiger partial charge in [-0.1, -0.05) is 0 Å². The molecule has 0 unspecified atom stereocenters. The minimum Gasteiger partial charge on any atom is -0.480 e. The number of amides is 3. The lowest BCUT2D eigenvalue weighted by Gasteiger charge is -2.33. The summed E-state index contributed by atoms with van der Waals surface area (Å²) in [4.78, 5) is 50.7. The van der Waals surface area contributed by atoms with Crippen LogP contribution in [-0.2, 0) is 14.4 Å². The maximum atomic E-state index is 12.4. The maximum Gasteiger partial charge on any atom is 0.326 e. The number of imide groups is 1. The second-order valence-electron chi connectivity index (χ2n) is 6.04. The highest BCUT2D eigenvalue weighted by Crippen LogP contribution is 2.32. The summed E-state index contributed by atoms with van der Waals surface area (Å²) in [7, 11) is 0. The van der Waals surface area contributed by atoms with E-state index in [9.17, 15) is 24.3 Å². The minimum atomic E-state index is -1.02. The predicted molar refractivity (Wildman–Crippen MR) is 93.0 cm³/mol. The van der Waals surface area contributed by atoms with Gasteiger partial charge in [0, 0.05) is 25.6 Å². The smallest absolute Gasteiger partial charge is 0.326 e. The summed E-state index contributed by atoms with van der Waals surface area (Å²) in [6.45, 7) is 0.317. The molecule has 2 fully saturated rings. The van der Waals surface area contributed by atoms with Crippen LogP contribution in [0.5, 0.6) is 0 Å². The van der Waals surface area contributed by atoms with Gasteiger partial charge in [-0.25, -0.2) is 4.79 Å². The Labute approximate surface area is 153 Å². The zero-order chi connectivity index (χ0) is 18.7. The molecular weight excluding hydrogens is 360 g/mol. The van der Waals surface area contributed by atoms with Crippen molar-refractivity contribution in [1.82, 2.24) is 9.80 Å². The van der Waals surface area contributed by atoms with Crippen molar-refractivity contribution in [2.75, 3.05) is 13.1 Å². The number of carbonyl (C=O) groups excluding carboxylic acids is 3. The van der Waals surface area contributed by atoms with Crippen molar-refractivity contribution in [3.05, 3.63) is 29.1 Å². The van der Waals surface area contributed by atoms with Gasteiger partial charge in [-0.05, 0) is 43.2 Å². The van der Waals surface area contributed by atoms with Gasteiger partial charge < -0.3 is 14.4 Å². The Morgan fingerprint density at radius 2 is 2.15 bits per heavy atom. The molecule has 3 rings (SSSR count). The summed E-state index contributed by atoms with van der Waals surface area (Å²) in [5.74, 6) is -1.39. The van der Waals surface area contributed by atoms with E-state index in [1.807, 2.05) is 0 Å². The Morgan fingerprint density at radius 3 is 2.85 bits per heavy atom. The summed E-state index contributed by atoms with van der Waals surface area (Å²) >= 11 is 0.792. The molecule has 3 heterocycles. The highest BCUT2D eigenvalue weighted by molar-refractivity contribution is 8.18. The number of likely N-dealkylation sites (tertiary alicyclic amines) is 1. The molecule has 0 bridgehead atoms. The van der Waals surface area contributed by atoms with Crippen LogP contribution in [0, 0.1) is 0 Å². The van der Waals surface area contributed by atoms with Gasteiger partial charge in [0.1, 0.15) is 11.8 Å². The molecule has 1 atom stereocenters. The number of aliphatic carboxylic acids is 1. The third kappa shape index (κ3) is 3.82. The normalized spacial score (nSPS) is 22.3. The summed E-state index contributed by atoms with van der Waals surface area (Å²) < 4.78 is 5.14. The number of carbonyl (C=O) groups is 4. The molecule has 0 aromatic carbocycles. The topological polar surface area (TPSA) is 108 Å². The standard InChI is InChI=1S/C17H18N2O6S/c20-14(18-7-2-1-5-12(18)16(22)23)6-8-19-15(21)13(26-17(19)24)10-11-4-3-9-25-11/h3-4,9-10,12H,1-2,5-8H2,(H,22,23)/b13-10-/t12-/m1/s1. The molecule has 26 heavy (non-hydrogen) atoms. The Hall–Kier alpha value is -2.55. The van der Waals surface area contributed by atoms with Crippen molar-refractivity contribution in [2.24, 2.45) is 0 Å². The minimum absolute atomic E-state index is 0.0676. The zero-order valence-electron chi connectivity index (χ0n) is 13.9. The van der Waals surface area contributed by atoms with Crippen molar-refractivity contribution >= 4 is 40.9 Å². The van der Waals surface area contributed by atoms with Crippen molar-refractivity contribution in [1.29, 1.82) is 0 Å². The lowest BCUT2D eigenvalue weighted by molar-refractivity contribution is -0.152. The summed E-state index contributed by atoms with van der Waals surface area (Å²) in [6, 6.07) is 2.51. The fourth-order valence-corrected chi connectivity index (χ4v) is 3.88. The van der Waals surface area contributed by atoms with E-state index in [1.54, 1.807) is 12.1 Å². The second kappa shape index (κ2) is 7.77. The van der Waals surface area contributed by atoms with Crippen LogP contribution >= 0.6 is 11.8 Å². The molecular formula is C17H18N2O6S. The van der Waals surface area contributed by atoms with Crippen LogP contribution in [-0.4, -0.2) is 57.1 Å². The first-order valence-corrected chi connectivity index (χ1v) is 9.10. The van der Waals surface area contributed by atoms with Crippen LogP contribution in [0.4, 0.5) is 4.79 Å². The largest absolute Gasteiger partial charge is 0.480 e. The third-order valence-corrected chi connectivity index (χ3v) is 5.26. The Morgan fingerprint density at radius 1 is 1.35 bits per heavy atom. The number of carboxylic acid groups (broad SMARTS) is 1. The predicted octanol–water partition coefficient (Wildman–Crippen LogP) is 2.17. The van der Waals surface area contributed by atoms with E-state index in [4.69, 9.17) is 4.42 Å². The van der Waals surface area contributed by atoms with E-state index in [2.05, 4.69) is 0 Å². The molecule has 2 aliphatic heterocycles. The van der Waals surface area contributed by atoms with Crippen LogP contribution in [0.2, 0.25) is 0 Å². The molecule has 9 heteroatoms. The van der Waals surface area contributed by atoms with Gasteiger partial charge in [-0.3, -0.25) is 19.3 Å². The molecule has 1 aromatic rings. The van der Waals surface area contributed by atoms with Crippen LogP contribution in [0.15, 0.2) is 27.7 Å². The summed E-state index contributed by atoms with van der Waals surface area (Å²) in [5, 5.41) is 8.80. The Bertz CT molecular complexity index is 757. The van der Waals surface area contributed by atoms with E-state index in [0.717, 1.165) is 29.5 Å². The van der Waals surface area contributed by atoms with Gasteiger partial charge in [-0.2, -0.15) is 0 Å². The van der Waals surface area contributed by atoms with Gasteiger partial charge in [0.2, 0.25) is 5.91 Å². The monoisotopic (exact) mass is 378 g/mol. The second-order valence-corrected chi connectivity index (χ2v) is 7.03. The summed E-state index contributed by atoms with van der Waals surface area (Å²) in [6.07, 6.45) is 4.80. The van der Waals surface area contributed by atoms with E-state index in [0.29, 0.717) is 18.7 Å². The molecule has 0 radical (unpaired) electrons. The van der Waals surface area contributed by atoms with Crippen LogP contribution in [0.1, 0.15) is 31.4 Å². The molecule has 2 saturated heterocycles. The van der Waals surface area contributed by atoms with Crippen molar-refractivity contribution in [3.63, 3.8) is 0 Å². The number of hydrogen-bond acceptors (Lipinski definition) is 6. The zero-order valence-corrected chi connectivity index (χ0v) is 14.7. The van der Waals surface area contributed by atoms with E-state index in [-0.39, 0.29) is 23.8 Å². The van der Waals surface area contributed by atoms with E-state index in [1.165, 1.54) is 17.2 Å². The molecule has 0 aliphatic carbocycles. The molecule has 2 aliphatic rings. The molecule has 3 amide bonds. The molecule has 8 nitrogen and oxygen atoms in total. The van der Waals surface area contributed by atoms with Gasteiger partial charge in [0.05, 0.1) is 11.2 Å². The van der Waals surface area contributed by atoms with Gasteiger partial charge >= 0.3 is 5.97 Å². The van der Waals surface area contributed by atoms with Gasteiger partial charge in [-0.15, -0.1) is 0 Å². The average Bonchev–Trinajstić information content (AvgIpc) is 3.22. The SMILES string of the molecule is O=C(O)[C@H]1CCCCN1C(=O)CCN1C(=O)S/C(=C\c2ccco2)C1=O. The summed E-state index contributed by atoms with van der Waals surface area (Å²) in [5.41, 5.74) is 0. The van der Waals surface area contributed by atoms with Crippen molar-refractivity contribution in [3.8, 4) is 0 Å². The first-order chi connectivity index (χ1) is 12.5. The van der Waals surface area contributed by atoms with E-state index >= 15 is 0 Å². The highest BCUT2D eigenvalue weighted by Gasteiger charge is 2.37. The number of piperidine rings is 1. The quantitative estimate of drug-likeness (QED) is 0.782. The lowest BCUT2D eigenvalue weighted by Crippen LogP contribution is -2.48. The first kappa shape index (κ1) is 18.2. The number of nitrogens with zero attached hydrogens (tertiary/aromatic N) is 2. The highest BCUT2D eigenvalue weighted by atomic mass is 32.2. The van der Waals surface area contributed by atoms with Crippen molar-refractivity contribution in [2.45, 2.75) is 31.7 Å². The molecule has 1 N–H and O–H groups in total. The molecule has 138 valence electrons. The fraction of sp³-hybridized carbons (Fsp3) is 0.412. The number of rotatable bonds is 5. The number of carboxylic acids is 1. The fourth-order valence-electron chi connectivity index (χ4n) is 3.03. The van der Waals surface area contributed by atoms with Gasteiger partial charge in [0.25, 0.3) is 11.1 Å². The van der Waals surface area contributed by atoms with Gasteiger partial charge in [0.15, 0.2) is 0 Å². The Balaban J connectivity index is 1.62. The van der Waals surface area contributed by atoms with Crippen LogP contribution in [0.3, 0.4) is 0 Å². The third-order valence-electron chi connectivity index (χ3n) is 4.35. The Kier molecular flexibility index (Phi) is 5.46. The molecule has 1 aromatic heterocycles. The van der Waals surface area contributed by atoms with E-state index < -0.39 is 23.2 Å².